The molecule has 1 N–H and O–H groups in total. The first kappa shape index (κ1) is 16.2. The number of nitrogens with zero attached hydrogens (tertiary/aromatic N) is 2. The summed E-state index contributed by atoms with van der Waals surface area (Å²) in [4.78, 5) is 14.7. The van der Waals surface area contributed by atoms with Gasteiger partial charge in [0.05, 0.1) is 18.5 Å². The van der Waals surface area contributed by atoms with Crippen molar-refractivity contribution in [3.8, 4) is 6.07 Å². The zero-order valence-corrected chi connectivity index (χ0v) is 13.8. The van der Waals surface area contributed by atoms with Crippen LogP contribution < -0.4 is 5.32 Å². The van der Waals surface area contributed by atoms with Crippen molar-refractivity contribution < 1.29 is 4.79 Å². The van der Waals surface area contributed by atoms with Crippen LogP contribution in [0, 0.1) is 11.3 Å². The van der Waals surface area contributed by atoms with E-state index in [1.54, 1.807) is 0 Å². The van der Waals surface area contributed by atoms with Crippen LogP contribution in [-0.2, 0) is 24.2 Å². The van der Waals surface area contributed by atoms with Gasteiger partial charge in [-0.1, -0.05) is 36.4 Å². The maximum absolute atomic E-state index is 12.5. The Labute approximate surface area is 142 Å². The van der Waals surface area contributed by atoms with E-state index in [4.69, 9.17) is 5.26 Å². The second-order valence-corrected chi connectivity index (χ2v) is 6.19. The summed E-state index contributed by atoms with van der Waals surface area (Å²) in [6, 6.07) is 17.8. The predicted octanol–water partition coefficient (Wildman–Crippen LogP) is 3.14. The highest BCUT2D eigenvalue weighted by atomic mass is 16.2. The molecule has 1 aliphatic heterocycles. The molecule has 0 aliphatic carbocycles. The van der Waals surface area contributed by atoms with Gasteiger partial charge >= 0.3 is 0 Å². The molecule has 0 radical (unpaired) electrons. The summed E-state index contributed by atoms with van der Waals surface area (Å²) >= 11 is 0. The Balaban J connectivity index is 1.62. The first-order chi connectivity index (χ1) is 11.7. The topological polar surface area (TPSA) is 56.1 Å². The van der Waals surface area contributed by atoms with Gasteiger partial charge in [0.2, 0.25) is 5.91 Å². The molecule has 1 aliphatic rings. The molecule has 0 saturated heterocycles. The molecule has 0 unspecified atom stereocenters. The van der Waals surface area contributed by atoms with Crippen molar-refractivity contribution in [3.63, 3.8) is 0 Å². The first-order valence-electron chi connectivity index (χ1n) is 8.25. The third-order valence-corrected chi connectivity index (χ3v) is 4.59. The number of fused-ring (bicyclic) bond motifs is 1. The quantitative estimate of drug-likeness (QED) is 0.942. The van der Waals surface area contributed by atoms with Gasteiger partial charge < -0.3 is 5.32 Å². The summed E-state index contributed by atoms with van der Waals surface area (Å²) in [6.45, 7) is 3.66. The average Bonchev–Trinajstić information content (AvgIpc) is 2.62. The third kappa shape index (κ3) is 3.64. The number of hydrogen-bond donors (Lipinski definition) is 1. The monoisotopic (exact) mass is 319 g/mol. The molecule has 4 nitrogen and oxygen atoms in total. The molecule has 1 heterocycles. The molecule has 1 amide bonds. The van der Waals surface area contributed by atoms with Crippen molar-refractivity contribution >= 4 is 11.6 Å². The van der Waals surface area contributed by atoms with Crippen LogP contribution in [0.5, 0.6) is 0 Å². The van der Waals surface area contributed by atoms with Crippen molar-refractivity contribution in [3.05, 3.63) is 65.2 Å². The lowest BCUT2D eigenvalue weighted by atomic mass is 9.99. The number of carbonyl (C=O) groups is 1. The molecule has 2 aromatic carbocycles. The van der Waals surface area contributed by atoms with E-state index in [0.717, 1.165) is 30.8 Å². The van der Waals surface area contributed by atoms with Crippen LogP contribution in [0.15, 0.2) is 48.5 Å². The number of carbonyl (C=O) groups excluding carboxylic acids is 1. The van der Waals surface area contributed by atoms with E-state index in [0.29, 0.717) is 6.42 Å². The Morgan fingerprint density at radius 2 is 1.92 bits per heavy atom. The average molecular weight is 319 g/mol. The van der Waals surface area contributed by atoms with E-state index < -0.39 is 0 Å². The molecule has 0 spiro atoms. The Bertz CT molecular complexity index is 761. The minimum Gasteiger partial charge on any atom is -0.325 e. The summed E-state index contributed by atoms with van der Waals surface area (Å²) < 4.78 is 0. The fraction of sp³-hybridized carbons (Fsp3) is 0.300. The lowest BCUT2D eigenvalue weighted by Gasteiger charge is -2.32. The molecule has 3 rings (SSSR count). The molecular weight excluding hydrogens is 298 g/mol. The number of hydrogen-bond acceptors (Lipinski definition) is 3. The SMILES string of the molecule is C[C@@H](C(=O)Nc1ccc(CC#N)cc1)N1CCc2ccccc2C1. The van der Waals surface area contributed by atoms with Gasteiger partial charge in [0.15, 0.2) is 0 Å². The highest BCUT2D eigenvalue weighted by Gasteiger charge is 2.25. The Hall–Kier alpha value is -2.64. The highest BCUT2D eigenvalue weighted by molar-refractivity contribution is 5.94. The summed E-state index contributed by atoms with van der Waals surface area (Å²) in [6.07, 6.45) is 1.37. The maximum Gasteiger partial charge on any atom is 0.241 e. The summed E-state index contributed by atoms with van der Waals surface area (Å²) in [5.74, 6) is 0.00224. The van der Waals surface area contributed by atoms with E-state index in [1.807, 2.05) is 31.2 Å². The van der Waals surface area contributed by atoms with Gasteiger partial charge in [0, 0.05) is 18.8 Å². The van der Waals surface area contributed by atoms with E-state index in [-0.39, 0.29) is 11.9 Å². The molecule has 122 valence electrons. The van der Waals surface area contributed by atoms with Gasteiger partial charge in [0.1, 0.15) is 0 Å². The first-order valence-corrected chi connectivity index (χ1v) is 8.25. The van der Waals surface area contributed by atoms with Gasteiger partial charge in [-0.15, -0.1) is 0 Å². The lowest BCUT2D eigenvalue weighted by molar-refractivity contribution is -0.121. The van der Waals surface area contributed by atoms with Crippen LogP contribution in [0.1, 0.15) is 23.6 Å². The molecular formula is C20H21N3O. The molecule has 24 heavy (non-hydrogen) atoms. The molecule has 4 heteroatoms. The minimum atomic E-state index is -0.183. The van der Waals surface area contributed by atoms with Gasteiger partial charge in [-0.3, -0.25) is 9.69 Å². The van der Waals surface area contributed by atoms with Crippen LogP contribution >= 0.6 is 0 Å². The van der Waals surface area contributed by atoms with E-state index in [2.05, 4.69) is 40.6 Å². The van der Waals surface area contributed by atoms with Crippen molar-refractivity contribution in [1.29, 1.82) is 5.26 Å². The summed E-state index contributed by atoms with van der Waals surface area (Å²) in [5.41, 5.74) is 4.42. The fourth-order valence-corrected chi connectivity index (χ4v) is 3.06. The van der Waals surface area contributed by atoms with Crippen molar-refractivity contribution in [2.45, 2.75) is 32.4 Å². The van der Waals surface area contributed by atoms with Crippen LogP contribution in [-0.4, -0.2) is 23.4 Å². The minimum absolute atomic E-state index is 0.00224. The highest BCUT2D eigenvalue weighted by Crippen LogP contribution is 2.21. The molecule has 0 saturated carbocycles. The second kappa shape index (κ2) is 7.29. The lowest BCUT2D eigenvalue weighted by Crippen LogP contribution is -2.44. The Kier molecular flexibility index (Phi) is 4.93. The predicted molar refractivity (Wildman–Crippen MR) is 94.4 cm³/mol. The Morgan fingerprint density at radius 1 is 1.21 bits per heavy atom. The van der Waals surface area contributed by atoms with Crippen LogP contribution in [0.3, 0.4) is 0 Å². The van der Waals surface area contributed by atoms with Crippen molar-refractivity contribution in [2.24, 2.45) is 0 Å². The fourth-order valence-electron chi connectivity index (χ4n) is 3.06. The second-order valence-electron chi connectivity index (χ2n) is 6.19. The van der Waals surface area contributed by atoms with Gasteiger partial charge in [-0.25, -0.2) is 0 Å². The molecule has 2 aromatic rings. The standard InChI is InChI=1S/C20H21N3O/c1-15(23-13-11-17-4-2-3-5-18(17)14-23)20(24)22-19-8-6-16(7-9-19)10-12-21/h2-9,15H,10-11,13-14H2,1H3,(H,22,24)/t15-/m0/s1. The molecule has 1 atom stereocenters. The van der Waals surface area contributed by atoms with Crippen molar-refractivity contribution in [1.82, 2.24) is 4.90 Å². The number of nitriles is 1. The van der Waals surface area contributed by atoms with Gasteiger partial charge in [-0.05, 0) is 42.2 Å². The van der Waals surface area contributed by atoms with E-state index >= 15 is 0 Å². The van der Waals surface area contributed by atoms with Gasteiger partial charge in [-0.2, -0.15) is 5.26 Å². The van der Waals surface area contributed by atoms with Crippen LogP contribution in [0.25, 0.3) is 0 Å². The van der Waals surface area contributed by atoms with Crippen LogP contribution in [0.4, 0.5) is 5.69 Å². The van der Waals surface area contributed by atoms with Crippen LogP contribution in [0.2, 0.25) is 0 Å². The summed E-state index contributed by atoms with van der Waals surface area (Å²) in [7, 11) is 0. The van der Waals surface area contributed by atoms with E-state index in [9.17, 15) is 4.79 Å². The third-order valence-electron chi connectivity index (χ3n) is 4.59. The number of nitrogens with one attached hydrogen (secondary N) is 1. The molecule has 0 fully saturated rings. The number of anilines is 1. The number of amides is 1. The van der Waals surface area contributed by atoms with Gasteiger partial charge in [0.25, 0.3) is 0 Å². The summed E-state index contributed by atoms with van der Waals surface area (Å²) in [5, 5.41) is 11.7. The van der Waals surface area contributed by atoms with E-state index in [1.165, 1.54) is 11.1 Å². The Morgan fingerprint density at radius 3 is 2.62 bits per heavy atom. The number of benzene rings is 2. The van der Waals surface area contributed by atoms with Crippen molar-refractivity contribution in [2.75, 3.05) is 11.9 Å². The largest absolute Gasteiger partial charge is 0.325 e. The number of rotatable bonds is 4. The zero-order chi connectivity index (χ0) is 16.9. The molecule has 0 aromatic heterocycles. The smallest absolute Gasteiger partial charge is 0.241 e. The normalized spacial score (nSPS) is 15.2. The molecule has 0 bridgehead atoms. The maximum atomic E-state index is 12.5. The zero-order valence-electron chi connectivity index (χ0n) is 13.8.